The van der Waals surface area contributed by atoms with Gasteiger partial charge in [0.2, 0.25) is 0 Å². The molecule has 2 saturated heterocycles. The highest BCUT2D eigenvalue weighted by atomic mass is 16.6. The Morgan fingerprint density at radius 2 is 2.04 bits per heavy atom. The minimum absolute atomic E-state index is 0.0146. The second-order valence-corrected chi connectivity index (χ2v) is 7.83. The Balaban J connectivity index is 1.80. The molecule has 1 amide bonds. The number of nitro groups is 1. The molecular formula is C19H28N4O3. The molecule has 2 aliphatic rings. The monoisotopic (exact) mass is 360 g/mol. The number of carbonyl (C=O) groups excluding carboxylic acids is 1. The Kier molecular flexibility index (Phi) is 5.76. The van der Waals surface area contributed by atoms with Crippen molar-refractivity contribution in [3.8, 4) is 0 Å². The average molecular weight is 360 g/mol. The van der Waals surface area contributed by atoms with Crippen LogP contribution in [0.4, 0.5) is 11.4 Å². The van der Waals surface area contributed by atoms with Crippen LogP contribution < -0.4 is 15.5 Å². The molecule has 3 rings (SSSR count). The molecule has 2 heterocycles. The molecule has 0 aromatic heterocycles. The standard InChI is InChI=1S/C19H28N4O3/c1-13-8-14(2)12-22(11-13)17-6-5-15(9-18(17)23(25)26)19(24)21-16-4-3-7-20-10-16/h5-6,9,13-14,16,20H,3-4,7-8,10-12H2,1-2H3,(H,21,24)/t13?,14?,16-/m0/s1. The van der Waals surface area contributed by atoms with Crippen LogP contribution in [0.5, 0.6) is 0 Å². The first-order chi connectivity index (χ1) is 12.4. The van der Waals surface area contributed by atoms with Gasteiger partial charge in [0.25, 0.3) is 11.6 Å². The van der Waals surface area contributed by atoms with Crippen molar-refractivity contribution >= 4 is 17.3 Å². The fraction of sp³-hybridized carbons (Fsp3) is 0.632. The largest absolute Gasteiger partial charge is 0.365 e. The predicted molar refractivity (Wildman–Crippen MR) is 102 cm³/mol. The first-order valence-electron chi connectivity index (χ1n) is 9.49. The summed E-state index contributed by atoms with van der Waals surface area (Å²) in [5, 5.41) is 17.9. The van der Waals surface area contributed by atoms with Crippen LogP contribution in [-0.2, 0) is 0 Å². The molecular weight excluding hydrogens is 332 g/mol. The molecule has 2 fully saturated rings. The van der Waals surface area contributed by atoms with Gasteiger partial charge in [0.15, 0.2) is 0 Å². The lowest BCUT2D eigenvalue weighted by atomic mass is 9.91. The number of hydrogen-bond acceptors (Lipinski definition) is 5. The highest BCUT2D eigenvalue weighted by molar-refractivity contribution is 5.96. The summed E-state index contributed by atoms with van der Waals surface area (Å²) in [6.45, 7) is 7.69. The van der Waals surface area contributed by atoms with Crippen LogP contribution in [0.2, 0.25) is 0 Å². The molecule has 0 aliphatic carbocycles. The quantitative estimate of drug-likeness (QED) is 0.636. The molecule has 0 bridgehead atoms. The van der Waals surface area contributed by atoms with Crippen molar-refractivity contribution in [1.29, 1.82) is 0 Å². The van der Waals surface area contributed by atoms with Gasteiger partial charge in [-0.15, -0.1) is 0 Å². The van der Waals surface area contributed by atoms with Crippen LogP contribution in [0, 0.1) is 22.0 Å². The summed E-state index contributed by atoms with van der Waals surface area (Å²) < 4.78 is 0. The van der Waals surface area contributed by atoms with E-state index in [0.29, 0.717) is 23.1 Å². The number of hydrogen-bond donors (Lipinski definition) is 2. The Labute approximate surface area is 154 Å². The molecule has 7 nitrogen and oxygen atoms in total. The minimum atomic E-state index is -0.377. The van der Waals surface area contributed by atoms with Gasteiger partial charge >= 0.3 is 0 Å². The van der Waals surface area contributed by atoms with Crippen molar-refractivity contribution < 1.29 is 9.72 Å². The van der Waals surface area contributed by atoms with Crippen LogP contribution in [0.15, 0.2) is 18.2 Å². The molecule has 26 heavy (non-hydrogen) atoms. The van der Waals surface area contributed by atoms with E-state index in [1.54, 1.807) is 12.1 Å². The topological polar surface area (TPSA) is 87.5 Å². The van der Waals surface area contributed by atoms with Gasteiger partial charge in [-0.25, -0.2) is 0 Å². The first kappa shape index (κ1) is 18.6. The van der Waals surface area contributed by atoms with E-state index in [1.807, 2.05) is 0 Å². The maximum atomic E-state index is 12.5. The van der Waals surface area contributed by atoms with Gasteiger partial charge in [0.1, 0.15) is 5.69 Å². The summed E-state index contributed by atoms with van der Waals surface area (Å²) >= 11 is 0. The average Bonchev–Trinajstić information content (AvgIpc) is 2.61. The molecule has 2 aliphatic heterocycles. The minimum Gasteiger partial charge on any atom is -0.365 e. The summed E-state index contributed by atoms with van der Waals surface area (Å²) in [5.41, 5.74) is 0.981. The van der Waals surface area contributed by atoms with Crippen molar-refractivity contribution in [1.82, 2.24) is 10.6 Å². The number of anilines is 1. The molecule has 0 saturated carbocycles. The van der Waals surface area contributed by atoms with Gasteiger partial charge in [-0.3, -0.25) is 14.9 Å². The molecule has 1 aromatic rings. The second-order valence-electron chi connectivity index (χ2n) is 7.83. The number of benzene rings is 1. The zero-order valence-electron chi connectivity index (χ0n) is 15.5. The lowest BCUT2D eigenvalue weighted by Crippen LogP contribution is -2.45. The van der Waals surface area contributed by atoms with E-state index in [9.17, 15) is 14.9 Å². The summed E-state index contributed by atoms with van der Waals surface area (Å²) in [5.74, 6) is 0.758. The van der Waals surface area contributed by atoms with E-state index in [2.05, 4.69) is 29.4 Å². The molecule has 0 spiro atoms. The Morgan fingerprint density at radius 3 is 2.65 bits per heavy atom. The number of nitro benzene ring substituents is 1. The molecule has 1 aromatic carbocycles. The van der Waals surface area contributed by atoms with Crippen LogP contribution in [-0.4, -0.2) is 43.1 Å². The van der Waals surface area contributed by atoms with Gasteiger partial charge in [0.05, 0.1) is 4.92 Å². The predicted octanol–water partition coefficient (Wildman–Crippen LogP) is 2.56. The first-order valence-corrected chi connectivity index (χ1v) is 9.49. The number of nitrogens with zero attached hydrogens (tertiary/aromatic N) is 2. The maximum absolute atomic E-state index is 12.5. The Morgan fingerprint density at radius 1 is 1.31 bits per heavy atom. The van der Waals surface area contributed by atoms with Gasteiger partial charge in [-0.1, -0.05) is 13.8 Å². The summed E-state index contributed by atoms with van der Waals surface area (Å²) in [7, 11) is 0. The number of carbonyl (C=O) groups is 1. The van der Waals surface area contributed by atoms with Crippen molar-refractivity contribution in [2.45, 2.75) is 39.2 Å². The van der Waals surface area contributed by atoms with Gasteiger partial charge in [-0.2, -0.15) is 0 Å². The smallest absolute Gasteiger partial charge is 0.293 e. The lowest BCUT2D eigenvalue weighted by Gasteiger charge is -2.36. The zero-order valence-corrected chi connectivity index (χ0v) is 15.5. The number of nitrogens with one attached hydrogen (secondary N) is 2. The normalized spacial score (nSPS) is 26.4. The van der Waals surface area contributed by atoms with Crippen molar-refractivity contribution in [3.63, 3.8) is 0 Å². The Hall–Kier alpha value is -2.15. The summed E-state index contributed by atoms with van der Waals surface area (Å²) in [6.07, 6.45) is 3.10. The molecule has 2 unspecified atom stereocenters. The Bertz CT molecular complexity index is 663. The molecule has 7 heteroatoms. The maximum Gasteiger partial charge on any atom is 0.293 e. The second kappa shape index (κ2) is 8.03. The molecule has 0 radical (unpaired) electrons. The van der Waals surface area contributed by atoms with Gasteiger partial charge in [-0.05, 0) is 49.8 Å². The number of piperidine rings is 2. The highest BCUT2D eigenvalue weighted by Crippen LogP contribution is 2.33. The van der Waals surface area contributed by atoms with E-state index in [4.69, 9.17) is 0 Å². The van der Waals surface area contributed by atoms with Crippen LogP contribution >= 0.6 is 0 Å². The third kappa shape index (κ3) is 4.33. The van der Waals surface area contributed by atoms with Crippen LogP contribution in [0.25, 0.3) is 0 Å². The van der Waals surface area contributed by atoms with E-state index >= 15 is 0 Å². The van der Waals surface area contributed by atoms with Crippen LogP contribution in [0.1, 0.15) is 43.5 Å². The van der Waals surface area contributed by atoms with E-state index in [1.165, 1.54) is 6.07 Å². The molecule has 142 valence electrons. The van der Waals surface area contributed by atoms with Gasteiger partial charge in [0, 0.05) is 37.3 Å². The highest BCUT2D eigenvalue weighted by Gasteiger charge is 2.28. The molecule has 3 atom stereocenters. The number of amides is 1. The van der Waals surface area contributed by atoms with E-state index < -0.39 is 0 Å². The van der Waals surface area contributed by atoms with Gasteiger partial charge < -0.3 is 15.5 Å². The van der Waals surface area contributed by atoms with E-state index in [-0.39, 0.29) is 22.6 Å². The van der Waals surface area contributed by atoms with E-state index in [0.717, 1.165) is 45.4 Å². The third-order valence-corrected chi connectivity index (χ3v) is 5.28. The lowest BCUT2D eigenvalue weighted by molar-refractivity contribution is -0.384. The van der Waals surface area contributed by atoms with Crippen LogP contribution in [0.3, 0.4) is 0 Å². The van der Waals surface area contributed by atoms with Crippen molar-refractivity contribution in [2.75, 3.05) is 31.1 Å². The van der Waals surface area contributed by atoms with Crippen molar-refractivity contribution in [2.24, 2.45) is 11.8 Å². The SMILES string of the molecule is CC1CC(C)CN(c2ccc(C(=O)N[C@H]3CCCNC3)cc2[N+](=O)[O-])C1. The summed E-state index contributed by atoms with van der Waals surface area (Å²) in [6, 6.07) is 4.94. The number of rotatable bonds is 4. The summed E-state index contributed by atoms with van der Waals surface area (Å²) in [4.78, 5) is 25.8. The molecule has 2 N–H and O–H groups in total. The zero-order chi connectivity index (χ0) is 18.7. The fourth-order valence-corrected chi connectivity index (χ4v) is 4.18. The third-order valence-electron chi connectivity index (χ3n) is 5.28. The fourth-order valence-electron chi connectivity index (χ4n) is 4.18. The van der Waals surface area contributed by atoms with Crippen molar-refractivity contribution in [3.05, 3.63) is 33.9 Å².